The molecule has 3 heterocycles. The van der Waals surface area contributed by atoms with Gasteiger partial charge in [-0.25, -0.2) is 0 Å². The molecule has 0 unspecified atom stereocenters. The van der Waals surface area contributed by atoms with E-state index in [4.69, 9.17) is 27.4 Å². The molecule has 0 saturated carbocycles. The highest BCUT2D eigenvalue weighted by Crippen LogP contribution is 2.43. The lowest BCUT2D eigenvalue weighted by atomic mass is 9.95. The molecule has 0 N–H and O–H groups in total. The van der Waals surface area contributed by atoms with E-state index in [0.29, 0.717) is 4.57 Å². The van der Waals surface area contributed by atoms with Gasteiger partial charge >= 0.3 is 0 Å². The second-order valence-electron chi connectivity index (χ2n) is 12.5. The van der Waals surface area contributed by atoms with Crippen molar-refractivity contribution in [3.05, 3.63) is 212 Å². The monoisotopic (exact) mass is 757 g/mol. The van der Waals surface area contributed by atoms with Crippen molar-refractivity contribution < 1.29 is 43.9 Å². The minimum atomic E-state index is -1.14. The molecule has 0 saturated heterocycles. The zero-order valence-corrected chi connectivity index (χ0v) is 28.6. The third kappa shape index (κ3) is 4.73. The molecule has 0 spiro atoms. The van der Waals surface area contributed by atoms with Crippen LogP contribution in [0.5, 0.6) is 0 Å². The number of aromatic nitrogens is 3. The van der Waals surface area contributed by atoms with E-state index in [1.807, 2.05) is 0 Å². The SMILES string of the molecule is [2H]c1c([2H])c([2H])c(-c2cccc(-c3c([2H])c([2H])c([2H])c([2H])c3[2H])c2-n2c3c([2H])c([2H])c([2H])c([2H])c3c3c([2H])c(-n4c5c([2H])c([2H])c([2H])c([2H])c5c5c([2H])c([2H])c(-n6c7c([2H])c([2H])c([2H])c([2H])c7c7c([2H])c([2H])c([2H])c([2H])c76)c([2H])c54)c([2H])c([2H])c32)c([2H])c1[2H]. The van der Waals surface area contributed by atoms with Crippen LogP contribution in [0.15, 0.2) is 212 Å². The molecule has 0 amide bonds. The Morgan fingerprint density at radius 3 is 1.23 bits per heavy atom. The molecule has 0 atom stereocenters. The van der Waals surface area contributed by atoms with Gasteiger partial charge in [0.1, 0.15) is 0 Å². The highest BCUT2D eigenvalue weighted by molar-refractivity contribution is 6.14. The molecule has 0 aliphatic carbocycles. The Hall–Kier alpha value is -7.62. The third-order valence-corrected chi connectivity index (χ3v) is 9.57. The molecule has 9 aromatic carbocycles. The summed E-state index contributed by atoms with van der Waals surface area (Å²) in [6, 6.07) is -26.1. The van der Waals surface area contributed by atoms with Crippen molar-refractivity contribution in [2.75, 3.05) is 0 Å². The van der Waals surface area contributed by atoms with Crippen molar-refractivity contribution in [2.45, 2.75) is 0 Å². The van der Waals surface area contributed by atoms with E-state index >= 15 is 0 Å². The van der Waals surface area contributed by atoms with Crippen molar-refractivity contribution in [2.24, 2.45) is 0 Å². The number of rotatable bonds is 5. The molecule has 0 fully saturated rings. The van der Waals surface area contributed by atoms with E-state index in [1.54, 1.807) is 0 Å². The molecule has 12 aromatic rings. The van der Waals surface area contributed by atoms with Crippen molar-refractivity contribution in [3.8, 4) is 39.3 Å². The predicted molar refractivity (Wildman–Crippen MR) is 240 cm³/mol. The molecule has 3 heteroatoms. The maximum absolute atomic E-state index is 10.4. The van der Waals surface area contributed by atoms with E-state index < -0.39 is 298 Å². The number of hydrogen-bond acceptors (Lipinski definition) is 0. The van der Waals surface area contributed by atoms with Gasteiger partial charge in [0.05, 0.1) is 82.7 Å². The number of fused-ring (bicyclic) bond motifs is 9. The number of benzene rings is 9. The normalized spacial score (nSPS) is 19.7. The van der Waals surface area contributed by atoms with Crippen LogP contribution in [0, 0.1) is 0 Å². The Labute approximate surface area is 374 Å². The molecule has 266 valence electrons. The zero-order chi connectivity index (χ0) is 65.3. The van der Waals surface area contributed by atoms with Gasteiger partial charge in [-0.1, -0.05) is 157 Å². The summed E-state index contributed by atoms with van der Waals surface area (Å²) in [6.07, 6.45) is 0. The third-order valence-electron chi connectivity index (χ3n) is 9.57. The second kappa shape index (κ2) is 12.5. The number of hydrogen-bond donors (Lipinski definition) is 0. The summed E-state index contributed by atoms with van der Waals surface area (Å²) >= 11 is 0. The number of para-hydroxylation sites is 5. The molecule has 0 radical (unpaired) electrons. The first-order chi connectivity index (χ1) is 41.6. The van der Waals surface area contributed by atoms with E-state index in [0.717, 1.165) is 9.13 Å². The maximum Gasteiger partial charge on any atom is 0.0667 e. The molecule has 0 bridgehead atoms. The average molecular weight is 758 g/mol. The first kappa shape index (κ1) is 13.5. The van der Waals surface area contributed by atoms with Gasteiger partial charge in [0, 0.05) is 54.8 Å². The van der Waals surface area contributed by atoms with Gasteiger partial charge in [0.25, 0.3) is 0 Å². The van der Waals surface area contributed by atoms with Crippen LogP contribution in [0.2, 0.25) is 0 Å². The fourth-order valence-electron chi connectivity index (χ4n) is 7.28. The van der Waals surface area contributed by atoms with Gasteiger partial charge in [-0.15, -0.1) is 0 Å². The Bertz CT molecular complexity index is 5180. The van der Waals surface area contributed by atoms with Gasteiger partial charge in [-0.05, 0) is 65.5 Å². The first-order valence-corrected chi connectivity index (χ1v) is 17.0. The standard InChI is InChI=1S/C54H35N3/c1-3-16-36(17-4-1)40-24-15-25-41(37-18-5-2-6-19-37)54(40)57-51-29-14-10-23-45(51)47-34-38(31-33-52(47)57)56-50-28-13-9-22-44(50)46-32-30-39(35-53(46)56)55-48-26-11-7-20-42(48)43-21-8-12-27-49(43)55/h1-35H/i1D,2D,3D,4D,5D,6D,7D,8D,9D,10D,11D,12D,13D,14D,16D,17D,18D,19D,20D,21D,22D,23D,26D,27D,28D,29D,30D,31D,32D,33D,34D,35D. The molecular weight excluding hydrogens is 691 g/mol. The van der Waals surface area contributed by atoms with Gasteiger partial charge in [0.15, 0.2) is 0 Å². The molecule has 3 nitrogen and oxygen atoms in total. The van der Waals surface area contributed by atoms with Crippen molar-refractivity contribution in [3.63, 3.8) is 0 Å². The van der Waals surface area contributed by atoms with E-state index in [1.165, 1.54) is 18.2 Å². The summed E-state index contributed by atoms with van der Waals surface area (Å²) in [5.41, 5.74) is -8.67. The lowest BCUT2D eigenvalue weighted by Crippen LogP contribution is -2.01. The summed E-state index contributed by atoms with van der Waals surface area (Å²) in [5.74, 6) is 0. The Morgan fingerprint density at radius 1 is 0.298 bits per heavy atom. The zero-order valence-electron chi connectivity index (χ0n) is 60.6. The fourth-order valence-corrected chi connectivity index (χ4v) is 7.28. The second-order valence-corrected chi connectivity index (χ2v) is 12.5. The van der Waals surface area contributed by atoms with Gasteiger partial charge in [0.2, 0.25) is 0 Å². The van der Waals surface area contributed by atoms with Crippen molar-refractivity contribution in [1.29, 1.82) is 0 Å². The summed E-state index contributed by atoms with van der Waals surface area (Å²) in [4.78, 5) is 0. The highest BCUT2D eigenvalue weighted by atomic mass is 15.0. The highest BCUT2D eigenvalue weighted by Gasteiger charge is 2.22. The minimum absolute atomic E-state index is 0.446. The van der Waals surface area contributed by atoms with Crippen LogP contribution in [0.4, 0.5) is 0 Å². The summed E-state index contributed by atoms with van der Waals surface area (Å²) < 4.78 is 295. The maximum atomic E-state index is 10.4. The lowest BCUT2D eigenvalue weighted by Gasteiger charge is -2.19. The first-order valence-electron chi connectivity index (χ1n) is 33.0. The Morgan fingerprint density at radius 2 is 0.684 bits per heavy atom. The van der Waals surface area contributed by atoms with E-state index in [-0.39, 0.29) is 0 Å². The van der Waals surface area contributed by atoms with Crippen LogP contribution < -0.4 is 0 Å². The molecule has 0 aliphatic heterocycles. The van der Waals surface area contributed by atoms with Gasteiger partial charge in [-0.2, -0.15) is 0 Å². The summed E-state index contributed by atoms with van der Waals surface area (Å²) in [5, 5.41) is -3.67. The number of nitrogens with zero attached hydrogens (tertiary/aromatic N) is 3. The quantitative estimate of drug-likeness (QED) is 0.166. The van der Waals surface area contributed by atoms with Crippen LogP contribution in [0.25, 0.3) is 105 Å². The van der Waals surface area contributed by atoms with Crippen molar-refractivity contribution >= 4 is 65.4 Å². The molecule has 12 rings (SSSR count). The average Bonchev–Trinajstić information content (AvgIpc) is 1.54. The summed E-state index contributed by atoms with van der Waals surface area (Å²) in [7, 11) is 0. The van der Waals surface area contributed by atoms with E-state index in [9.17, 15) is 16.4 Å². The Kier molecular flexibility index (Phi) is 2.96. The van der Waals surface area contributed by atoms with Crippen LogP contribution in [-0.4, -0.2) is 13.7 Å². The largest absolute Gasteiger partial charge is 0.309 e. The topological polar surface area (TPSA) is 14.8 Å². The van der Waals surface area contributed by atoms with E-state index in [2.05, 4.69) is 0 Å². The molecule has 0 aliphatic rings. The smallest absolute Gasteiger partial charge is 0.0667 e. The molecule has 57 heavy (non-hydrogen) atoms. The van der Waals surface area contributed by atoms with Crippen molar-refractivity contribution in [1.82, 2.24) is 13.7 Å². The lowest BCUT2D eigenvalue weighted by molar-refractivity contribution is 1.15. The van der Waals surface area contributed by atoms with Crippen LogP contribution >= 0.6 is 0 Å². The van der Waals surface area contributed by atoms with Crippen LogP contribution in [0.3, 0.4) is 0 Å². The van der Waals surface area contributed by atoms with Crippen LogP contribution in [-0.2, 0) is 0 Å². The summed E-state index contributed by atoms with van der Waals surface area (Å²) in [6.45, 7) is 0. The molecule has 3 aromatic heterocycles. The Balaban J connectivity index is 1.36. The molecular formula is C54H35N3. The van der Waals surface area contributed by atoms with Crippen LogP contribution in [0.1, 0.15) is 43.9 Å². The fraction of sp³-hybridized carbons (Fsp3) is 0. The predicted octanol–water partition coefficient (Wildman–Crippen LogP) is 14.3. The van der Waals surface area contributed by atoms with Gasteiger partial charge < -0.3 is 13.7 Å². The van der Waals surface area contributed by atoms with Gasteiger partial charge in [-0.3, -0.25) is 0 Å². The minimum Gasteiger partial charge on any atom is -0.309 e.